The van der Waals surface area contributed by atoms with Crippen LogP contribution in [0.2, 0.25) is 5.02 Å². The van der Waals surface area contributed by atoms with Gasteiger partial charge in [-0.15, -0.1) is 0 Å². The van der Waals surface area contributed by atoms with Crippen molar-refractivity contribution in [2.75, 3.05) is 6.61 Å². The highest BCUT2D eigenvalue weighted by Crippen LogP contribution is 2.24. The van der Waals surface area contributed by atoms with Crippen LogP contribution in [-0.2, 0) is 15.1 Å². The second-order valence-electron chi connectivity index (χ2n) is 3.55. The Morgan fingerprint density at radius 3 is 2.75 bits per heavy atom. The minimum atomic E-state index is -1.33. The van der Waals surface area contributed by atoms with E-state index in [1.807, 2.05) is 0 Å². The normalized spacial score (nSPS) is 14.3. The molecule has 88 valence electrons. The number of hydrogen-bond donors (Lipinski definition) is 1. The molecular weight excluding hydrogens is 233 g/mol. The molecule has 2 N–H and O–H groups in total. The first-order chi connectivity index (χ1) is 7.39. The first-order valence-corrected chi connectivity index (χ1v) is 5.19. The highest BCUT2D eigenvalue weighted by molar-refractivity contribution is 6.30. The average molecular weight is 246 g/mol. The molecule has 0 saturated carbocycles. The maximum Gasteiger partial charge on any atom is 0.330 e. The molecule has 0 saturated heterocycles. The van der Waals surface area contributed by atoms with E-state index in [-0.39, 0.29) is 11.6 Å². The molecule has 0 aliphatic carbocycles. The zero-order valence-electron chi connectivity index (χ0n) is 9.09. The maximum absolute atomic E-state index is 12.9. The summed E-state index contributed by atoms with van der Waals surface area (Å²) in [6, 6.07) is 3.91. The van der Waals surface area contributed by atoms with Crippen molar-refractivity contribution in [3.8, 4) is 0 Å². The van der Waals surface area contributed by atoms with E-state index in [0.717, 1.165) is 0 Å². The molecule has 0 spiro atoms. The van der Waals surface area contributed by atoms with E-state index in [4.69, 9.17) is 22.1 Å². The Morgan fingerprint density at radius 1 is 1.62 bits per heavy atom. The summed E-state index contributed by atoms with van der Waals surface area (Å²) in [7, 11) is 0. The minimum absolute atomic E-state index is 0.0709. The highest BCUT2D eigenvalue weighted by Gasteiger charge is 2.32. The third-order valence-electron chi connectivity index (χ3n) is 2.22. The van der Waals surface area contributed by atoms with E-state index in [1.54, 1.807) is 6.92 Å². The Bertz CT molecular complexity index is 407. The summed E-state index contributed by atoms with van der Waals surface area (Å²) in [5.41, 5.74) is 4.92. The zero-order chi connectivity index (χ0) is 12.3. The quantitative estimate of drug-likeness (QED) is 0.831. The van der Waals surface area contributed by atoms with Crippen molar-refractivity contribution in [3.63, 3.8) is 0 Å². The molecule has 0 heterocycles. The molecular formula is C11H13ClFNO2. The molecule has 1 aromatic carbocycles. The fourth-order valence-electron chi connectivity index (χ4n) is 1.22. The van der Waals surface area contributed by atoms with Gasteiger partial charge in [0.2, 0.25) is 0 Å². The standard InChI is InChI=1S/C11H13ClFNO2/c1-3-16-10(15)11(2,14)7-4-5-9(13)8(12)6-7/h4-6H,3,14H2,1-2H3. The fourth-order valence-corrected chi connectivity index (χ4v) is 1.40. The summed E-state index contributed by atoms with van der Waals surface area (Å²) < 4.78 is 17.8. The van der Waals surface area contributed by atoms with E-state index in [1.165, 1.54) is 25.1 Å². The van der Waals surface area contributed by atoms with Gasteiger partial charge >= 0.3 is 5.97 Å². The van der Waals surface area contributed by atoms with Crippen LogP contribution in [0.5, 0.6) is 0 Å². The van der Waals surface area contributed by atoms with Gasteiger partial charge in [0, 0.05) is 0 Å². The predicted molar refractivity (Wildman–Crippen MR) is 59.6 cm³/mol. The fraction of sp³-hybridized carbons (Fsp3) is 0.364. The summed E-state index contributed by atoms with van der Waals surface area (Å²) in [5.74, 6) is -1.12. The van der Waals surface area contributed by atoms with Crippen LogP contribution in [0.15, 0.2) is 18.2 Å². The van der Waals surface area contributed by atoms with E-state index in [9.17, 15) is 9.18 Å². The second kappa shape index (κ2) is 4.80. The van der Waals surface area contributed by atoms with Crippen molar-refractivity contribution >= 4 is 17.6 Å². The lowest BCUT2D eigenvalue weighted by atomic mass is 9.93. The van der Waals surface area contributed by atoms with Crippen LogP contribution in [0.1, 0.15) is 19.4 Å². The molecule has 0 aliphatic rings. The van der Waals surface area contributed by atoms with Gasteiger partial charge in [-0.25, -0.2) is 9.18 Å². The number of esters is 1. The van der Waals surface area contributed by atoms with Crippen LogP contribution < -0.4 is 5.73 Å². The molecule has 0 bridgehead atoms. The van der Waals surface area contributed by atoms with Crippen LogP contribution in [0.4, 0.5) is 4.39 Å². The molecule has 5 heteroatoms. The molecule has 1 rings (SSSR count). The Hall–Kier alpha value is -1.13. The van der Waals surface area contributed by atoms with Crippen LogP contribution >= 0.6 is 11.6 Å². The van der Waals surface area contributed by atoms with Gasteiger partial charge in [-0.05, 0) is 31.5 Å². The molecule has 1 aromatic rings. The van der Waals surface area contributed by atoms with Gasteiger partial charge in [0.25, 0.3) is 0 Å². The van der Waals surface area contributed by atoms with Crippen LogP contribution in [-0.4, -0.2) is 12.6 Å². The highest BCUT2D eigenvalue weighted by atomic mass is 35.5. The third-order valence-corrected chi connectivity index (χ3v) is 2.51. The van der Waals surface area contributed by atoms with Gasteiger partial charge in [-0.2, -0.15) is 0 Å². The van der Waals surface area contributed by atoms with Crippen LogP contribution in [0.25, 0.3) is 0 Å². The summed E-state index contributed by atoms with van der Waals surface area (Å²) >= 11 is 5.62. The van der Waals surface area contributed by atoms with E-state index >= 15 is 0 Å². The van der Waals surface area contributed by atoms with Crippen molar-refractivity contribution in [2.45, 2.75) is 19.4 Å². The molecule has 16 heavy (non-hydrogen) atoms. The molecule has 0 amide bonds. The number of carbonyl (C=O) groups is 1. The molecule has 0 aliphatic heterocycles. The number of ether oxygens (including phenoxy) is 1. The van der Waals surface area contributed by atoms with Gasteiger partial charge in [0.1, 0.15) is 11.4 Å². The van der Waals surface area contributed by atoms with Crippen LogP contribution in [0, 0.1) is 5.82 Å². The Labute approximate surface area is 98.3 Å². The maximum atomic E-state index is 12.9. The van der Waals surface area contributed by atoms with Gasteiger partial charge < -0.3 is 10.5 Å². The summed E-state index contributed by atoms with van der Waals surface area (Å²) in [6.45, 7) is 3.42. The topological polar surface area (TPSA) is 52.3 Å². The number of hydrogen-bond acceptors (Lipinski definition) is 3. The lowest BCUT2D eigenvalue weighted by molar-refractivity contribution is -0.149. The van der Waals surface area contributed by atoms with Crippen molar-refractivity contribution in [2.24, 2.45) is 5.73 Å². The molecule has 3 nitrogen and oxygen atoms in total. The third kappa shape index (κ3) is 2.51. The number of benzene rings is 1. The number of nitrogens with two attached hydrogens (primary N) is 1. The number of carbonyl (C=O) groups excluding carboxylic acids is 1. The van der Waals surface area contributed by atoms with E-state index in [0.29, 0.717) is 5.56 Å². The summed E-state index contributed by atoms with van der Waals surface area (Å²) in [6.07, 6.45) is 0. The average Bonchev–Trinajstić information content (AvgIpc) is 2.22. The van der Waals surface area contributed by atoms with Crippen molar-refractivity contribution in [1.82, 2.24) is 0 Å². The molecule has 0 fully saturated rings. The summed E-state index contributed by atoms with van der Waals surface area (Å²) in [5, 5.41) is -0.0709. The Balaban J connectivity index is 3.06. The van der Waals surface area contributed by atoms with Crippen molar-refractivity contribution in [1.29, 1.82) is 0 Å². The Morgan fingerprint density at radius 2 is 2.25 bits per heavy atom. The zero-order valence-corrected chi connectivity index (χ0v) is 9.84. The van der Waals surface area contributed by atoms with E-state index < -0.39 is 17.3 Å². The Kier molecular flexibility index (Phi) is 3.88. The number of halogens is 2. The summed E-state index contributed by atoms with van der Waals surface area (Å²) in [4.78, 5) is 11.6. The molecule has 0 aromatic heterocycles. The van der Waals surface area contributed by atoms with Gasteiger partial charge in [-0.1, -0.05) is 17.7 Å². The molecule has 0 radical (unpaired) electrons. The lowest BCUT2D eigenvalue weighted by Gasteiger charge is -2.22. The van der Waals surface area contributed by atoms with Crippen molar-refractivity contribution < 1.29 is 13.9 Å². The minimum Gasteiger partial charge on any atom is -0.464 e. The SMILES string of the molecule is CCOC(=O)C(C)(N)c1ccc(F)c(Cl)c1. The number of rotatable bonds is 3. The molecule has 1 unspecified atom stereocenters. The largest absolute Gasteiger partial charge is 0.464 e. The second-order valence-corrected chi connectivity index (χ2v) is 3.96. The van der Waals surface area contributed by atoms with Crippen molar-refractivity contribution in [3.05, 3.63) is 34.6 Å². The van der Waals surface area contributed by atoms with Gasteiger partial charge in [-0.3, -0.25) is 0 Å². The first-order valence-electron chi connectivity index (χ1n) is 4.81. The van der Waals surface area contributed by atoms with E-state index in [2.05, 4.69) is 0 Å². The molecule has 1 atom stereocenters. The predicted octanol–water partition coefficient (Wildman–Crippen LogP) is 2.22. The smallest absolute Gasteiger partial charge is 0.330 e. The van der Waals surface area contributed by atoms with Crippen LogP contribution in [0.3, 0.4) is 0 Å². The van der Waals surface area contributed by atoms with Gasteiger partial charge in [0.05, 0.1) is 11.6 Å². The monoisotopic (exact) mass is 245 g/mol. The lowest BCUT2D eigenvalue weighted by Crippen LogP contribution is -2.43. The first kappa shape index (κ1) is 12.9. The van der Waals surface area contributed by atoms with Gasteiger partial charge in [0.15, 0.2) is 0 Å².